The summed E-state index contributed by atoms with van der Waals surface area (Å²) in [6.45, 7) is 7.87. The second-order valence-corrected chi connectivity index (χ2v) is 3.89. The van der Waals surface area contributed by atoms with E-state index >= 15 is 0 Å². The van der Waals surface area contributed by atoms with E-state index in [1.54, 1.807) is 0 Å². The summed E-state index contributed by atoms with van der Waals surface area (Å²) in [7, 11) is 2.06. The van der Waals surface area contributed by atoms with Crippen molar-refractivity contribution in [1.29, 1.82) is 0 Å². The maximum absolute atomic E-state index is 3.75. The molecule has 1 aromatic heterocycles. The summed E-state index contributed by atoms with van der Waals surface area (Å²) in [6, 6.07) is 6.21. The number of allylic oxidation sites excluding steroid dienone is 7. The molecule has 0 atom stereocenters. The molecule has 0 fully saturated rings. The zero-order valence-corrected chi connectivity index (χ0v) is 10.9. The van der Waals surface area contributed by atoms with Crippen molar-refractivity contribution in [2.75, 3.05) is 0 Å². The molecule has 1 nitrogen and oxygen atoms in total. The molecular weight excluding hydrogens is 206 g/mol. The predicted octanol–water partition coefficient (Wildman–Crippen LogP) is 3.60. The van der Waals surface area contributed by atoms with Gasteiger partial charge in [-0.05, 0) is 31.6 Å². The standard InChI is InChI=1S/C16H20N/c1-5-7-11-15(14(3)10-6-2)16-12-8-9-13-17(16)4/h5-13H,2H2,1,3-4H3/q+1/b7-5+,14-10-,15-11+. The Hall–Kier alpha value is -1.89. The quantitative estimate of drug-likeness (QED) is 0.545. The van der Waals surface area contributed by atoms with Gasteiger partial charge in [0, 0.05) is 17.7 Å². The van der Waals surface area contributed by atoms with Crippen LogP contribution in [0.1, 0.15) is 19.5 Å². The molecule has 0 amide bonds. The Bertz CT molecular complexity index is 476. The highest BCUT2D eigenvalue weighted by Gasteiger charge is 2.11. The first kappa shape index (κ1) is 13.2. The molecule has 0 N–H and O–H groups in total. The second kappa shape index (κ2) is 6.64. The average Bonchev–Trinajstić information content (AvgIpc) is 2.32. The van der Waals surface area contributed by atoms with Crippen molar-refractivity contribution in [3.8, 4) is 0 Å². The largest absolute Gasteiger partial charge is 0.212 e. The molecule has 0 aliphatic carbocycles. The fourth-order valence-corrected chi connectivity index (χ4v) is 1.68. The topological polar surface area (TPSA) is 3.88 Å². The number of aromatic nitrogens is 1. The van der Waals surface area contributed by atoms with Gasteiger partial charge in [-0.2, -0.15) is 0 Å². The molecule has 0 saturated carbocycles. The number of aryl methyl sites for hydroxylation is 1. The first-order valence-corrected chi connectivity index (χ1v) is 5.78. The molecule has 0 bridgehead atoms. The summed E-state index contributed by atoms with van der Waals surface area (Å²) in [5.74, 6) is 0. The van der Waals surface area contributed by atoms with Crippen molar-refractivity contribution >= 4 is 5.57 Å². The van der Waals surface area contributed by atoms with Gasteiger partial charge in [0.15, 0.2) is 6.20 Å². The highest BCUT2D eigenvalue weighted by atomic mass is 14.9. The van der Waals surface area contributed by atoms with Gasteiger partial charge in [0.1, 0.15) is 7.05 Å². The monoisotopic (exact) mass is 226 g/mol. The average molecular weight is 226 g/mol. The fraction of sp³-hybridized carbons (Fsp3) is 0.188. The molecule has 1 heterocycles. The van der Waals surface area contributed by atoms with Crippen molar-refractivity contribution in [3.05, 3.63) is 72.6 Å². The molecule has 17 heavy (non-hydrogen) atoms. The molecule has 0 spiro atoms. The molecule has 1 rings (SSSR count). The molecule has 0 saturated heterocycles. The van der Waals surface area contributed by atoms with Crippen LogP contribution in [-0.2, 0) is 7.05 Å². The maximum atomic E-state index is 3.75. The maximum Gasteiger partial charge on any atom is 0.212 e. The third kappa shape index (κ3) is 3.56. The summed E-state index contributed by atoms with van der Waals surface area (Å²) < 4.78 is 2.12. The van der Waals surface area contributed by atoms with Gasteiger partial charge in [-0.25, -0.2) is 4.57 Å². The van der Waals surface area contributed by atoms with Crippen molar-refractivity contribution in [1.82, 2.24) is 0 Å². The number of nitrogens with zero attached hydrogens (tertiary/aromatic N) is 1. The van der Waals surface area contributed by atoms with Crippen molar-refractivity contribution in [2.24, 2.45) is 7.05 Å². The van der Waals surface area contributed by atoms with Gasteiger partial charge in [0.25, 0.3) is 0 Å². The molecule has 0 aliphatic rings. The van der Waals surface area contributed by atoms with E-state index in [4.69, 9.17) is 0 Å². The summed E-state index contributed by atoms with van der Waals surface area (Å²) in [6.07, 6.45) is 12.1. The Labute approximate surface area is 104 Å². The van der Waals surface area contributed by atoms with Crippen LogP contribution >= 0.6 is 0 Å². The minimum Gasteiger partial charge on any atom is -0.201 e. The Kier molecular flexibility index (Phi) is 5.15. The second-order valence-electron chi connectivity index (χ2n) is 3.89. The van der Waals surface area contributed by atoms with Gasteiger partial charge in [0.05, 0.1) is 0 Å². The van der Waals surface area contributed by atoms with Gasteiger partial charge >= 0.3 is 0 Å². The lowest BCUT2D eigenvalue weighted by Gasteiger charge is -2.05. The van der Waals surface area contributed by atoms with Gasteiger partial charge in [0.2, 0.25) is 5.69 Å². The van der Waals surface area contributed by atoms with Crippen LogP contribution in [0.15, 0.2) is 66.9 Å². The van der Waals surface area contributed by atoms with Crippen LogP contribution in [0.3, 0.4) is 0 Å². The number of pyridine rings is 1. The Balaban J connectivity index is 3.30. The fourth-order valence-electron chi connectivity index (χ4n) is 1.68. The van der Waals surface area contributed by atoms with E-state index in [1.807, 2.05) is 31.2 Å². The molecular formula is C16H20N+. The third-order valence-corrected chi connectivity index (χ3v) is 2.58. The first-order valence-electron chi connectivity index (χ1n) is 5.78. The van der Waals surface area contributed by atoms with E-state index in [9.17, 15) is 0 Å². The molecule has 0 aliphatic heterocycles. The van der Waals surface area contributed by atoms with Gasteiger partial charge in [-0.1, -0.05) is 30.9 Å². The lowest BCUT2D eigenvalue weighted by molar-refractivity contribution is -0.673. The summed E-state index contributed by atoms with van der Waals surface area (Å²) in [4.78, 5) is 0. The van der Waals surface area contributed by atoms with Crippen LogP contribution in [0.25, 0.3) is 5.57 Å². The predicted molar refractivity (Wildman–Crippen MR) is 74.4 cm³/mol. The van der Waals surface area contributed by atoms with Gasteiger partial charge < -0.3 is 0 Å². The molecule has 1 heteroatoms. The molecule has 0 aromatic carbocycles. The number of rotatable bonds is 4. The molecule has 0 radical (unpaired) electrons. The van der Waals surface area contributed by atoms with Gasteiger partial charge in [-0.15, -0.1) is 0 Å². The van der Waals surface area contributed by atoms with Crippen LogP contribution in [0.4, 0.5) is 0 Å². The van der Waals surface area contributed by atoms with Crippen LogP contribution in [0.2, 0.25) is 0 Å². The third-order valence-electron chi connectivity index (χ3n) is 2.58. The minimum atomic E-state index is 1.20. The van der Waals surface area contributed by atoms with Crippen molar-refractivity contribution in [2.45, 2.75) is 13.8 Å². The Morgan fingerprint density at radius 1 is 1.29 bits per heavy atom. The van der Waals surface area contributed by atoms with Crippen LogP contribution in [0.5, 0.6) is 0 Å². The summed E-state index contributed by atoms with van der Waals surface area (Å²) >= 11 is 0. The van der Waals surface area contributed by atoms with Crippen molar-refractivity contribution in [3.63, 3.8) is 0 Å². The van der Waals surface area contributed by atoms with E-state index in [1.165, 1.54) is 16.8 Å². The number of hydrogen-bond donors (Lipinski definition) is 0. The lowest BCUT2D eigenvalue weighted by atomic mass is 10.0. The van der Waals surface area contributed by atoms with E-state index in [-0.39, 0.29) is 0 Å². The Morgan fingerprint density at radius 2 is 2.06 bits per heavy atom. The SMILES string of the molecule is C=C\C=C(C)/C(=C\C=C\C)c1cccc[n+]1C. The van der Waals surface area contributed by atoms with E-state index < -0.39 is 0 Å². The normalized spacial score (nSPS) is 13.1. The van der Waals surface area contributed by atoms with E-state index in [2.05, 4.69) is 55.6 Å². The van der Waals surface area contributed by atoms with Gasteiger partial charge in [-0.3, -0.25) is 0 Å². The number of hydrogen-bond acceptors (Lipinski definition) is 0. The smallest absolute Gasteiger partial charge is 0.201 e. The zero-order valence-electron chi connectivity index (χ0n) is 10.9. The molecule has 0 unspecified atom stereocenters. The molecule has 1 aromatic rings. The summed E-state index contributed by atoms with van der Waals surface area (Å²) in [5.41, 5.74) is 3.62. The highest BCUT2D eigenvalue weighted by molar-refractivity contribution is 5.76. The zero-order chi connectivity index (χ0) is 12.7. The Morgan fingerprint density at radius 3 is 2.65 bits per heavy atom. The summed E-state index contributed by atoms with van der Waals surface area (Å²) in [5, 5.41) is 0. The van der Waals surface area contributed by atoms with Crippen LogP contribution in [0, 0.1) is 0 Å². The van der Waals surface area contributed by atoms with E-state index in [0.717, 1.165) is 0 Å². The van der Waals surface area contributed by atoms with Crippen LogP contribution in [-0.4, -0.2) is 0 Å². The van der Waals surface area contributed by atoms with E-state index in [0.29, 0.717) is 0 Å². The van der Waals surface area contributed by atoms with Crippen molar-refractivity contribution < 1.29 is 4.57 Å². The molecule has 88 valence electrons. The minimum absolute atomic E-state index is 1.20. The first-order chi connectivity index (χ1) is 8.20. The highest BCUT2D eigenvalue weighted by Crippen LogP contribution is 2.19. The van der Waals surface area contributed by atoms with Crippen LogP contribution < -0.4 is 4.57 Å². The lowest BCUT2D eigenvalue weighted by Crippen LogP contribution is -2.32.